The van der Waals surface area contributed by atoms with Crippen LogP contribution in [0.2, 0.25) is 5.02 Å². The summed E-state index contributed by atoms with van der Waals surface area (Å²) in [5, 5.41) is 6.78. The summed E-state index contributed by atoms with van der Waals surface area (Å²) in [4.78, 5) is 11.6. The Labute approximate surface area is 108 Å². The fourth-order valence-corrected chi connectivity index (χ4v) is 1.65. The van der Waals surface area contributed by atoms with E-state index in [4.69, 9.17) is 11.6 Å². The summed E-state index contributed by atoms with van der Waals surface area (Å²) in [5.74, 6) is 0.0633. The fraction of sp³-hybridized carbons (Fsp3) is 0.462. The molecule has 0 bridgehead atoms. The summed E-state index contributed by atoms with van der Waals surface area (Å²) in [6.45, 7) is 5.60. The van der Waals surface area contributed by atoms with Crippen molar-refractivity contribution in [2.24, 2.45) is 0 Å². The van der Waals surface area contributed by atoms with E-state index in [1.165, 1.54) is 0 Å². The minimum absolute atomic E-state index is 0.0152. The number of hydrogen-bond donors (Lipinski definition) is 2. The molecule has 0 saturated heterocycles. The van der Waals surface area contributed by atoms with Gasteiger partial charge in [0.1, 0.15) is 0 Å². The number of halogens is 1. The zero-order valence-corrected chi connectivity index (χ0v) is 11.1. The van der Waals surface area contributed by atoms with Gasteiger partial charge < -0.3 is 10.6 Å². The molecule has 0 fully saturated rings. The van der Waals surface area contributed by atoms with Crippen LogP contribution in [0.15, 0.2) is 24.3 Å². The van der Waals surface area contributed by atoms with E-state index in [0.717, 1.165) is 18.7 Å². The molecule has 1 aromatic carbocycles. The third-order valence-electron chi connectivity index (χ3n) is 2.53. The van der Waals surface area contributed by atoms with E-state index in [1.807, 2.05) is 38.1 Å². The molecule has 94 valence electrons. The van der Waals surface area contributed by atoms with E-state index in [2.05, 4.69) is 10.6 Å². The second-order valence-corrected chi connectivity index (χ2v) is 4.38. The number of carbonyl (C=O) groups excluding carboxylic acids is 1. The number of amides is 1. The molecule has 17 heavy (non-hydrogen) atoms. The van der Waals surface area contributed by atoms with Crippen LogP contribution >= 0.6 is 11.6 Å². The highest BCUT2D eigenvalue weighted by Gasteiger charge is 2.08. The lowest BCUT2D eigenvalue weighted by Gasteiger charge is -2.14. The summed E-state index contributed by atoms with van der Waals surface area (Å²) < 4.78 is 0. The lowest BCUT2D eigenvalue weighted by molar-refractivity contribution is -0.121. The third kappa shape index (κ3) is 5.20. The quantitative estimate of drug-likeness (QED) is 0.766. The second-order valence-electron chi connectivity index (χ2n) is 3.94. The van der Waals surface area contributed by atoms with Crippen LogP contribution < -0.4 is 10.6 Å². The molecule has 0 aliphatic rings. The molecule has 0 aliphatic carbocycles. The number of nitrogens with one attached hydrogen (secondary N) is 2. The summed E-state index contributed by atoms with van der Waals surface area (Å²) in [6.07, 6.45) is 0.506. The standard InChI is InChI=1S/C13H19ClN2O/c1-3-15-9-8-13(17)16-10(2)11-4-6-12(14)7-5-11/h4-7,10,15H,3,8-9H2,1-2H3,(H,16,17). The van der Waals surface area contributed by atoms with Crippen LogP contribution in [0.5, 0.6) is 0 Å². The van der Waals surface area contributed by atoms with Crippen molar-refractivity contribution in [3.63, 3.8) is 0 Å². The average Bonchev–Trinajstić information content (AvgIpc) is 2.30. The molecule has 3 nitrogen and oxygen atoms in total. The summed E-state index contributed by atoms with van der Waals surface area (Å²) in [7, 11) is 0. The second kappa shape index (κ2) is 7.30. The number of hydrogen-bond acceptors (Lipinski definition) is 2. The molecule has 0 spiro atoms. The average molecular weight is 255 g/mol. The van der Waals surface area contributed by atoms with Gasteiger partial charge in [-0.25, -0.2) is 0 Å². The smallest absolute Gasteiger partial charge is 0.221 e. The van der Waals surface area contributed by atoms with E-state index < -0.39 is 0 Å². The summed E-state index contributed by atoms with van der Waals surface area (Å²) >= 11 is 5.81. The first-order chi connectivity index (χ1) is 8.13. The molecule has 0 radical (unpaired) electrons. The normalized spacial score (nSPS) is 12.2. The first kappa shape index (κ1) is 14.0. The molecular formula is C13H19ClN2O. The topological polar surface area (TPSA) is 41.1 Å². The molecule has 1 rings (SSSR count). The van der Waals surface area contributed by atoms with Gasteiger partial charge in [0.25, 0.3) is 0 Å². The molecule has 1 aromatic rings. The lowest BCUT2D eigenvalue weighted by atomic mass is 10.1. The largest absolute Gasteiger partial charge is 0.350 e. The molecule has 1 unspecified atom stereocenters. The molecule has 0 aromatic heterocycles. The molecule has 1 amide bonds. The van der Waals surface area contributed by atoms with E-state index in [9.17, 15) is 4.79 Å². The molecule has 1 atom stereocenters. The zero-order chi connectivity index (χ0) is 12.7. The fourth-order valence-electron chi connectivity index (χ4n) is 1.53. The van der Waals surface area contributed by atoms with Crippen LogP contribution in [0, 0.1) is 0 Å². The van der Waals surface area contributed by atoms with E-state index in [0.29, 0.717) is 11.4 Å². The minimum Gasteiger partial charge on any atom is -0.350 e. The Morgan fingerprint density at radius 3 is 2.59 bits per heavy atom. The maximum absolute atomic E-state index is 11.6. The monoisotopic (exact) mass is 254 g/mol. The number of rotatable bonds is 6. The highest BCUT2D eigenvalue weighted by Crippen LogP contribution is 2.15. The molecule has 0 aliphatic heterocycles. The van der Waals surface area contributed by atoms with Gasteiger partial charge in [-0.15, -0.1) is 0 Å². The Balaban J connectivity index is 2.40. The summed E-state index contributed by atoms with van der Waals surface area (Å²) in [6, 6.07) is 7.53. The van der Waals surface area contributed by atoms with Crippen LogP contribution in [0.25, 0.3) is 0 Å². The van der Waals surface area contributed by atoms with Crippen LogP contribution in [0.3, 0.4) is 0 Å². The van der Waals surface area contributed by atoms with Gasteiger partial charge in [-0.2, -0.15) is 0 Å². The highest BCUT2D eigenvalue weighted by atomic mass is 35.5. The van der Waals surface area contributed by atoms with Crippen molar-refractivity contribution in [2.45, 2.75) is 26.3 Å². The van der Waals surface area contributed by atoms with E-state index in [1.54, 1.807) is 0 Å². The van der Waals surface area contributed by atoms with Gasteiger partial charge in [-0.1, -0.05) is 30.7 Å². The van der Waals surface area contributed by atoms with E-state index in [-0.39, 0.29) is 11.9 Å². The van der Waals surface area contributed by atoms with Crippen molar-refractivity contribution in [2.75, 3.05) is 13.1 Å². The Kier molecular flexibility index (Phi) is 6.01. The Morgan fingerprint density at radius 2 is 2.00 bits per heavy atom. The van der Waals surface area contributed by atoms with Crippen LogP contribution in [-0.2, 0) is 4.79 Å². The van der Waals surface area contributed by atoms with Gasteiger partial charge in [0.2, 0.25) is 5.91 Å². The Hall–Kier alpha value is -1.06. The van der Waals surface area contributed by atoms with Crippen LogP contribution in [0.4, 0.5) is 0 Å². The van der Waals surface area contributed by atoms with Crippen molar-refractivity contribution in [3.8, 4) is 0 Å². The molecule has 2 N–H and O–H groups in total. The number of benzene rings is 1. The molecule has 4 heteroatoms. The third-order valence-corrected chi connectivity index (χ3v) is 2.78. The highest BCUT2D eigenvalue weighted by molar-refractivity contribution is 6.30. The first-order valence-corrected chi connectivity index (χ1v) is 6.26. The first-order valence-electron chi connectivity index (χ1n) is 5.89. The molecule has 0 saturated carbocycles. The van der Waals surface area contributed by atoms with Gasteiger partial charge in [-0.05, 0) is 31.2 Å². The van der Waals surface area contributed by atoms with Crippen molar-refractivity contribution in [3.05, 3.63) is 34.9 Å². The maximum atomic E-state index is 11.6. The Morgan fingerprint density at radius 1 is 1.35 bits per heavy atom. The van der Waals surface area contributed by atoms with Crippen LogP contribution in [-0.4, -0.2) is 19.0 Å². The van der Waals surface area contributed by atoms with Gasteiger partial charge in [-0.3, -0.25) is 4.79 Å². The van der Waals surface area contributed by atoms with Gasteiger partial charge in [0.05, 0.1) is 6.04 Å². The predicted octanol–water partition coefficient (Wildman–Crippen LogP) is 2.52. The number of carbonyl (C=O) groups is 1. The van der Waals surface area contributed by atoms with Gasteiger partial charge in [0, 0.05) is 18.0 Å². The maximum Gasteiger partial charge on any atom is 0.221 e. The summed E-state index contributed by atoms with van der Waals surface area (Å²) in [5.41, 5.74) is 1.06. The molecule has 0 heterocycles. The van der Waals surface area contributed by atoms with Crippen molar-refractivity contribution in [1.82, 2.24) is 10.6 Å². The Bertz CT molecular complexity index is 351. The lowest BCUT2D eigenvalue weighted by Crippen LogP contribution is -2.29. The van der Waals surface area contributed by atoms with Crippen LogP contribution in [0.1, 0.15) is 31.9 Å². The minimum atomic E-state index is 0.0152. The van der Waals surface area contributed by atoms with Gasteiger partial charge in [0.15, 0.2) is 0 Å². The SMILES string of the molecule is CCNCCC(=O)NC(C)c1ccc(Cl)cc1. The van der Waals surface area contributed by atoms with Crippen molar-refractivity contribution in [1.29, 1.82) is 0 Å². The predicted molar refractivity (Wildman–Crippen MR) is 71.2 cm³/mol. The van der Waals surface area contributed by atoms with Gasteiger partial charge >= 0.3 is 0 Å². The van der Waals surface area contributed by atoms with E-state index >= 15 is 0 Å². The van der Waals surface area contributed by atoms with Crippen molar-refractivity contribution >= 4 is 17.5 Å². The molecular weight excluding hydrogens is 236 g/mol. The zero-order valence-electron chi connectivity index (χ0n) is 10.3. The van der Waals surface area contributed by atoms with Crippen molar-refractivity contribution < 1.29 is 4.79 Å².